The minimum Gasteiger partial charge on any atom is -0.457 e. The molecule has 5 nitrogen and oxygen atoms in total. The lowest BCUT2D eigenvalue weighted by molar-refractivity contribution is 0.483. The van der Waals surface area contributed by atoms with E-state index in [0.29, 0.717) is 0 Å². The fourth-order valence-corrected chi connectivity index (χ4v) is 7.25. The monoisotopic (exact) mass is 704 g/mol. The summed E-state index contributed by atoms with van der Waals surface area (Å²) in [5.41, 5.74) is 9.77. The Balaban J connectivity index is 1.26. The molecule has 5 heteroatoms. The van der Waals surface area contributed by atoms with Crippen molar-refractivity contribution in [1.29, 1.82) is 0 Å². The second kappa shape index (κ2) is 12.8. The van der Waals surface area contributed by atoms with Gasteiger partial charge in [-0.1, -0.05) is 107 Å². The summed E-state index contributed by atoms with van der Waals surface area (Å²) >= 11 is 0. The van der Waals surface area contributed by atoms with Crippen LogP contribution in [-0.4, -0.2) is 16.2 Å². The molecule has 274 valence electrons. The molecule has 0 N–H and O–H groups in total. The van der Waals surface area contributed by atoms with E-state index < -0.39 is 0 Å². The summed E-state index contributed by atoms with van der Waals surface area (Å²) < 4.78 is 8.99. The van der Waals surface area contributed by atoms with E-state index in [2.05, 4.69) is 195 Å². The third-order valence-corrected chi connectivity index (χ3v) is 10.5. The molecule has 4 aromatic carbocycles. The Labute approximate surface area is 316 Å². The number of ether oxygens (including phenoxy) is 1. The lowest BCUT2D eigenvalue weighted by Gasteiger charge is -2.32. The summed E-state index contributed by atoms with van der Waals surface area (Å²) in [4.78, 5) is 9.69. The van der Waals surface area contributed by atoms with Crippen molar-refractivity contribution in [3.05, 3.63) is 132 Å². The number of benzene rings is 4. The van der Waals surface area contributed by atoms with Gasteiger partial charge in [0.25, 0.3) is 0 Å². The summed E-state index contributed by atoms with van der Waals surface area (Å²) in [5, 5.41) is 2.40. The smallest absolute Gasteiger partial charge is 0.137 e. The molecule has 7 rings (SSSR count). The highest BCUT2D eigenvalue weighted by molar-refractivity contribution is 6.09. The van der Waals surface area contributed by atoms with Gasteiger partial charge in [0, 0.05) is 57.8 Å². The Morgan fingerprint density at radius 1 is 0.528 bits per heavy atom. The molecule has 2 aromatic heterocycles. The van der Waals surface area contributed by atoms with Crippen LogP contribution < -0.4 is 14.5 Å². The van der Waals surface area contributed by atoms with Crippen LogP contribution in [0.4, 0.5) is 11.4 Å². The minimum atomic E-state index is -0.0383. The zero-order valence-corrected chi connectivity index (χ0v) is 33.8. The van der Waals surface area contributed by atoms with Crippen LogP contribution in [0.15, 0.2) is 115 Å². The molecular formula is C48H56N4O. The van der Waals surface area contributed by atoms with Crippen molar-refractivity contribution < 1.29 is 4.74 Å². The van der Waals surface area contributed by atoms with Gasteiger partial charge >= 0.3 is 0 Å². The van der Waals surface area contributed by atoms with E-state index >= 15 is 0 Å². The first-order chi connectivity index (χ1) is 24.8. The normalized spacial score (nSPS) is 14.4. The second-order valence-electron chi connectivity index (χ2n) is 18.9. The van der Waals surface area contributed by atoms with Gasteiger partial charge in [-0.15, -0.1) is 0 Å². The largest absolute Gasteiger partial charge is 0.457 e. The molecule has 0 amide bonds. The molecule has 1 aliphatic rings. The van der Waals surface area contributed by atoms with Gasteiger partial charge in [-0.3, -0.25) is 4.57 Å². The molecule has 0 spiro atoms. The Bertz CT molecular complexity index is 2350. The molecule has 0 radical (unpaired) electrons. The number of fused-ring (bicyclic) bond motifs is 3. The number of rotatable bonds is 5. The highest BCUT2D eigenvalue weighted by atomic mass is 16.5. The lowest BCUT2D eigenvalue weighted by Crippen LogP contribution is -2.30. The van der Waals surface area contributed by atoms with Crippen LogP contribution in [0.5, 0.6) is 11.5 Å². The number of pyridine rings is 1. The van der Waals surface area contributed by atoms with Crippen molar-refractivity contribution in [2.75, 3.05) is 16.5 Å². The zero-order chi connectivity index (χ0) is 38.1. The molecule has 0 bridgehead atoms. The SMILES string of the molecule is CC(C)(C)C1=CN(c2cccc(Oc3ccc4c5cc(C(C)(C)C)ccc5n(-c5cc(C(C)(C)C)ccn5)c4c3)c2)CN1c1cccc(C(C)(C)C)c1. The quantitative estimate of drug-likeness (QED) is 0.179. The molecule has 0 unspecified atom stereocenters. The van der Waals surface area contributed by atoms with Gasteiger partial charge in [-0.25, -0.2) is 4.98 Å². The Morgan fingerprint density at radius 2 is 1.17 bits per heavy atom. The first-order valence-electron chi connectivity index (χ1n) is 19.0. The van der Waals surface area contributed by atoms with Crippen LogP contribution >= 0.6 is 0 Å². The fraction of sp³-hybridized carbons (Fsp3) is 0.354. The van der Waals surface area contributed by atoms with Crippen LogP contribution in [-0.2, 0) is 16.2 Å². The highest BCUT2D eigenvalue weighted by Crippen LogP contribution is 2.41. The van der Waals surface area contributed by atoms with Gasteiger partial charge in [0.05, 0.1) is 17.7 Å². The van der Waals surface area contributed by atoms with Crippen LogP contribution in [0, 0.1) is 5.41 Å². The third-order valence-electron chi connectivity index (χ3n) is 10.5. The lowest BCUT2D eigenvalue weighted by atomic mass is 9.86. The van der Waals surface area contributed by atoms with Crippen LogP contribution in [0.25, 0.3) is 27.6 Å². The van der Waals surface area contributed by atoms with Crippen molar-refractivity contribution in [1.82, 2.24) is 9.55 Å². The molecule has 0 saturated heterocycles. The fourth-order valence-electron chi connectivity index (χ4n) is 7.25. The van der Waals surface area contributed by atoms with Crippen molar-refractivity contribution in [2.24, 2.45) is 5.41 Å². The summed E-state index contributed by atoms with van der Waals surface area (Å²) in [5.74, 6) is 2.49. The van der Waals surface area contributed by atoms with Crippen molar-refractivity contribution in [2.45, 2.75) is 99.3 Å². The Hall–Kier alpha value is -5.03. The molecule has 0 saturated carbocycles. The summed E-state index contributed by atoms with van der Waals surface area (Å²) in [7, 11) is 0. The number of anilines is 2. The maximum atomic E-state index is 6.69. The van der Waals surface area contributed by atoms with E-state index in [4.69, 9.17) is 9.72 Å². The van der Waals surface area contributed by atoms with E-state index in [-0.39, 0.29) is 21.7 Å². The number of allylic oxidation sites excluding steroid dienone is 1. The van der Waals surface area contributed by atoms with Crippen molar-refractivity contribution in [3.63, 3.8) is 0 Å². The maximum absolute atomic E-state index is 6.69. The third kappa shape index (κ3) is 7.19. The van der Waals surface area contributed by atoms with Gasteiger partial charge < -0.3 is 14.5 Å². The summed E-state index contributed by atoms with van der Waals surface area (Å²) in [6, 6.07) is 35.1. The van der Waals surface area contributed by atoms with Gasteiger partial charge in [-0.2, -0.15) is 0 Å². The van der Waals surface area contributed by atoms with E-state index in [1.54, 1.807) is 0 Å². The van der Waals surface area contributed by atoms with E-state index in [1.165, 1.54) is 38.8 Å². The van der Waals surface area contributed by atoms with Crippen molar-refractivity contribution >= 4 is 33.2 Å². The number of aromatic nitrogens is 2. The van der Waals surface area contributed by atoms with Crippen LogP contribution in [0.1, 0.15) is 99.8 Å². The summed E-state index contributed by atoms with van der Waals surface area (Å²) in [6.45, 7) is 28.0. The Morgan fingerprint density at radius 3 is 1.87 bits per heavy atom. The number of hydrogen-bond donors (Lipinski definition) is 0. The van der Waals surface area contributed by atoms with E-state index in [0.717, 1.165) is 40.7 Å². The molecule has 0 fully saturated rings. The molecule has 6 aromatic rings. The topological polar surface area (TPSA) is 33.5 Å². The number of hydrogen-bond acceptors (Lipinski definition) is 4. The predicted octanol–water partition coefficient (Wildman–Crippen LogP) is 13.0. The predicted molar refractivity (Wildman–Crippen MR) is 225 cm³/mol. The second-order valence-corrected chi connectivity index (χ2v) is 18.9. The molecule has 1 aliphatic heterocycles. The number of nitrogens with zero attached hydrogens (tertiary/aromatic N) is 4. The van der Waals surface area contributed by atoms with Crippen LogP contribution in [0.3, 0.4) is 0 Å². The van der Waals surface area contributed by atoms with Crippen LogP contribution in [0.2, 0.25) is 0 Å². The molecule has 3 heterocycles. The zero-order valence-electron chi connectivity index (χ0n) is 33.8. The maximum Gasteiger partial charge on any atom is 0.137 e. The van der Waals surface area contributed by atoms with Gasteiger partial charge in [0.1, 0.15) is 17.3 Å². The van der Waals surface area contributed by atoms with E-state index in [9.17, 15) is 0 Å². The van der Waals surface area contributed by atoms with E-state index in [1.807, 2.05) is 12.3 Å². The first-order valence-corrected chi connectivity index (χ1v) is 19.0. The molecule has 53 heavy (non-hydrogen) atoms. The standard InChI is InChI=1S/C48H56N4O/c1-45(2,3)32-15-13-17-36(25-32)51-31-50(30-43(51)48(10,11)12)35-16-14-18-37(28-35)53-38-20-21-39-40-26-33(46(4,5)6)19-22-41(40)52(42(39)29-38)44-27-34(23-24-49-44)47(7,8)9/h13-30H,31H2,1-12H3. The molecular weight excluding hydrogens is 649 g/mol. The van der Waals surface area contributed by atoms with Gasteiger partial charge in [0.15, 0.2) is 0 Å². The van der Waals surface area contributed by atoms with Crippen molar-refractivity contribution in [3.8, 4) is 17.3 Å². The molecule has 0 aliphatic carbocycles. The average molecular weight is 705 g/mol. The Kier molecular flexibility index (Phi) is 8.79. The minimum absolute atomic E-state index is 0.000805. The van der Waals surface area contributed by atoms with Gasteiger partial charge in [0.2, 0.25) is 0 Å². The average Bonchev–Trinajstić information content (AvgIpc) is 3.68. The van der Waals surface area contributed by atoms with Gasteiger partial charge in [-0.05, 0) is 93.6 Å². The summed E-state index contributed by atoms with van der Waals surface area (Å²) in [6.07, 6.45) is 4.24. The highest BCUT2D eigenvalue weighted by Gasteiger charge is 2.32. The molecule has 0 atom stereocenters. The first kappa shape index (κ1) is 36.3.